The van der Waals surface area contributed by atoms with Gasteiger partial charge in [0.25, 0.3) is 0 Å². The molecule has 4 nitrogen and oxygen atoms in total. The van der Waals surface area contributed by atoms with Gasteiger partial charge < -0.3 is 16.0 Å². The first-order valence-corrected chi connectivity index (χ1v) is 11.5. The van der Waals surface area contributed by atoms with Gasteiger partial charge in [-0.3, -0.25) is 0 Å². The Hall–Kier alpha value is -0.770. The third kappa shape index (κ3) is 4.31. The molecule has 0 aromatic carbocycles. The molecule has 4 bridgehead atoms. The lowest BCUT2D eigenvalue weighted by molar-refractivity contribution is -0.0140. The molecule has 154 valence electrons. The van der Waals surface area contributed by atoms with Gasteiger partial charge in [-0.15, -0.1) is 0 Å². The third-order valence-electron chi connectivity index (χ3n) is 8.21. The summed E-state index contributed by atoms with van der Waals surface area (Å²) < 4.78 is 0. The second kappa shape index (κ2) is 6.93. The average Bonchev–Trinajstić information content (AvgIpc) is 2.51. The van der Waals surface area contributed by atoms with Gasteiger partial charge in [-0.05, 0) is 114 Å². The fourth-order valence-electron chi connectivity index (χ4n) is 7.77. The second-order valence-electron chi connectivity index (χ2n) is 11.9. The van der Waals surface area contributed by atoms with Gasteiger partial charge in [0, 0.05) is 11.1 Å². The summed E-state index contributed by atoms with van der Waals surface area (Å²) in [6.45, 7) is 11.5. The molecule has 0 aromatic heterocycles. The molecule has 5 rings (SSSR count). The molecule has 0 aromatic rings. The molecular formula is C23H41N3O. The number of hydrogen-bond acceptors (Lipinski definition) is 2. The zero-order valence-electron chi connectivity index (χ0n) is 18.0. The van der Waals surface area contributed by atoms with Crippen LogP contribution in [0.2, 0.25) is 0 Å². The van der Waals surface area contributed by atoms with Crippen LogP contribution >= 0.6 is 0 Å². The maximum Gasteiger partial charge on any atom is 0.315 e. The standard InChI is InChI=1S/C23H41N3O/c1-21(2,19-5-7-24-8-6-19)15-22(3,4)25-20(27)26-23-12-16-9-17(13-23)11-18(10-16)14-23/h16-19,24H,5-15H2,1-4H3,(H2,25,26,27). The van der Waals surface area contributed by atoms with Crippen molar-refractivity contribution in [2.24, 2.45) is 29.1 Å². The third-order valence-corrected chi connectivity index (χ3v) is 8.21. The van der Waals surface area contributed by atoms with Gasteiger partial charge in [0.1, 0.15) is 0 Å². The molecule has 1 aliphatic heterocycles. The highest BCUT2D eigenvalue weighted by Gasteiger charge is 2.51. The van der Waals surface area contributed by atoms with Crippen molar-refractivity contribution in [3.63, 3.8) is 0 Å². The summed E-state index contributed by atoms with van der Waals surface area (Å²) in [7, 11) is 0. The van der Waals surface area contributed by atoms with Gasteiger partial charge >= 0.3 is 6.03 Å². The number of piperidine rings is 1. The number of carbonyl (C=O) groups is 1. The fourth-order valence-corrected chi connectivity index (χ4v) is 7.77. The Kier molecular flexibility index (Phi) is 5.02. The van der Waals surface area contributed by atoms with Crippen LogP contribution < -0.4 is 16.0 Å². The number of carbonyl (C=O) groups excluding carboxylic acids is 1. The van der Waals surface area contributed by atoms with Gasteiger partial charge in [0.15, 0.2) is 0 Å². The average molecular weight is 376 g/mol. The lowest BCUT2D eigenvalue weighted by atomic mass is 9.53. The molecule has 5 aliphatic rings. The van der Waals surface area contributed by atoms with E-state index in [1.807, 2.05) is 0 Å². The first-order chi connectivity index (χ1) is 12.6. The maximum atomic E-state index is 13.0. The van der Waals surface area contributed by atoms with Crippen molar-refractivity contribution in [3.8, 4) is 0 Å². The Labute approximate surface area is 166 Å². The van der Waals surface area contributed by atoms with Crippen LogP contribution in [-0.2, 0) is 0 Å². The number of hydrogen-bond donors (Lipinski definition) is 3. The number of nitrogens with one attached hydrogen (secondary N) is 3. The molecule has 4 heteroatoms. The van der Waals surface area contributed by atoms with Crippen molar-refractivity contribution < 1.29 is 4.79 Å². The van der Waals surface area contributed by atoms with E-state index in [0.717, 1.165) is 43.2 Å². The van der Waals surface area contributed by atoms with Gasteiger partial charge in [-0.1, -0.05) is 13.8 Å². The summed E-state index contributed by atoms with van der Waals surface area (Å²) >= 11 is 0. The summed E-state index contributed by atoms with van der Waals surface area (Å²) in [5.74, 6) is 3.33. The zero-order valence-corrected chi connectivity index (χ0v) is 18.0. The minimum absolute atomic E-state index is 0.0723. The predicted octanol–water partition coefficient (Wildman–Crippen LogP) is 4.45. The molecule has 0 spiro atoms. The van der Waals surface area contributed by atoms with Gasteiger partial charge in [0.2, 0.25) is 0 Å². The molecule has 2 amide bonds. The fraction of sp³-hybridized carbons (Fsp3) is 0.957. The minimum Gasteiger partial charge on any atom is -0.333 e. The van der Waals surface area contributed by atoms with Crippen molar-refractivity contribution in [2.45, 2.75) is 96.6 Å². The highest BCUT2D eigenvalue weighted by atomic mass is 16.2. The van der Waals surface area contributed by atoms with Gasteiger partial charge in [-0.25, -0.2) is 4.79 Å². The SMILES string of the molecule is CC(C)(CC(C)(C)C1CCNCC1)NC(=O)NC12CC3CC(CC(C3)C1)C2. The largest absolute Gasteiger partial charge is 0.333 e. The summed E-state index contributed by atoms with van der Waals surface area (Å²) in [4.78, 5) is 13.0. The molecule has 5 fully saturated rings. The lowest BCUT2D eigenvalue weighted by Gasteiger charge is -2.57. The highest BCUT2D eigenvalue weighted by molar-refractivity contribution is 5.75. The highest BCUT2D eigenvalue weighted by Crippen LogP contribution is 2.55. The Morgan fingerprint density at radius 3 is 2.00 bits per heavy atom. The summed E-state index contributed by atoms with van der Waals surface area (Å²) in [6.07, 6.45) is 11.4. The predicted molar refractivity (Wildman–Crippen MR) is 111 cm³/mol. The molecule has 27 heavy (non-hydrogen) atoms. The van der Waals surface area contributed by atoms with E-state index < -0.39 is 0 Å². The molecule has 1 saturated heterocycles. The van der Waals surface area contributed by atoms with E-state index in [1.165, 1.54) is 51.4 Å². The van der Waals surface area contributed by atoms with Crippen LogP contribution in [0.15, 0.2) is 0 Å². The summed E-state index contributed by atoms with van der Waals surface area (Å²) in [5, 5.41) is 10.3. The molecular weight excluding hydrogens is 334 g/mol. The van der Waals surface area contributed by atoms with E-state index in [1.54, 1.807) is 0 Å². The Morgan fingerprint density at radius 1 is 0.963 bits per heavy atom. The van der Waals surface area contributed by atoms with Crippen LogP contribution in [0, 0.1) is 29.1 Å². The summed E-state index contributed by atoms with van der Waals surface area (Å²) in [6, 6.07) is 0.0723. The molecule has 0 atom stereocenters. The first kappa shape index (κ1) is 19.5. The van der Waals surface area contributed by atoms with Crippen molar-refractivity contribution in [3.05, 3.63) is 0 Å². The van der Waals surface area contributed by atoms with Crippen LogP contribution in [0.4, 0.5) is 4.79 Å². The van der Waals surface area contributed by atoms with Gasteiger partial charge in [-0.2, -0.15) is 0 Å². The van der Waals surface area contributed by atoms with Gasteiger partial charge in [0.05, 0.1) is 0 Å². The van der Waals surface area contributed by atoms with E-state index >= 15 is 0 Å². The van der Waals surface area contributed by atoms with E-state index in [-0.39, 0.29) is 22.5 Å². The summed E-state index contributed by atoms with van der Waals surface area (Å²) in [5.41, 5.74) is 0.166. The second-order valence-corrected chi connectivity index (χ2v) is 11.9. The minimum atomic E-state index is -0.180. The molecule has 0 unspecified atom stereocenters. The van der Waals surface area contributed by atoms with Crippen LogP contribution in [0.3, 0.4) is 0 Å². The normalized spacial score (nSPS) is 36.7. The topological polar surface area (TPSA) is 53.2 Å². The Bertz CT molecular complexity index is 527. The first-order valence-electron chi connectivity index (χ1n) is 11.5. The van der Waals surface area contributed by atoms with Crippen LogP contribution in [-0.4, -0.2) is 30.2 Å². The van der Waals surface area contributed by atoms with Crippen molar-refractivity contribution in [1.82, 2.24) is 16.0 Å². The van der Waals surface area contributed by atoms with Crippen molar-refractivity contribution in [2.75, 3.05) is 13.1 Å². The molecule has 0 radical (unpaired) electrons. The van der Waals surface area contributed by atoms with Crippen LogP contribution in [0.1, 0.15) is 85.5 Å². The van der Waals surface area contributed by atoms with E-state index in [4.69, 9.17) is 0 Å². The van der Waals surface area contributed by atoms with E-state index in [0.29, 0.717) is 0 Å². The van der Waals surface area contributed by atoms with E-state index in [2.05, 4.69) is 43.6 Å². The number of amides is 2. The maximum absolute atomic E-state index is 13.0. The zero-order chi connectivity index (χ0) is 19.3. The quantitative estimate of drug-likeness (QED) is 0.665. The molecule has 1 heterocycles. The smallest absolute Gasteiger partial charge is 0.315 e. The van der Waals surface area contributed by atoms with Crippen LogP contribution in [0.25, 0.3) is 0 Å². The van der Waals surface area contributed by atoms with Crippen LogP contribution in [0.5, 0.6) is 0 Å². The lowest BCUT2D eigenvalue weighted by Crippen LogP contribution is -2.63. The molecule has 4 saturated carbocycles. The van der Waals surface area contributed by atoms with Crippen molar-refractivity contribution >= 4 is 6.03 Å². The Balaban J connectivity index is 1.34. The molecule has 3 N–H and O–H groups in total. The monoisotopic (exact) mass is 375 g/mol. The Morgan fingerprint density at radius 2 is 1.48 bits per heavy atom. The number of urea groups is 1. The van der Waals surface area contributed by atoms with E-state index in [9.17, 15) is 4.79 Å². The number of rotatable bonds is 5. The molecule has 4 aliphatic carbocycles. The van der Waals surface area contributed by atoms with Crippen molar-refractivity contribution in [1.29, 1.82) is 0 Å².